The van der Waals surface area contributed by atoms with Gasteiger partial charge in [-0.05, 0) is 30.6 Å². The van der Waals surface area contributed by atoms with Gasteiger partial charge in [-0.3, -0.25) is 0 Å². The summed E-state index contributed by atoms with van der Waals surface area (Å²) in [6.45, 7) is 0. The highest BCUT2D eigenvalue weighted by Crippen LogP contribution is 2.44. The van der Waals surface area contributed by atoms with Crippen molar-refractivity contribution in [2.24, 2.45) is 17.8 Å². The van der Waals surface area contributed by atoms with E-state index >= 15 is 0 Å². The van der Waals surface area contributed by atoms with Crippen molar-refractivity contribution in [1.82, 2.24) is 0 Å². The van der Waals surface area contributed by atoms with E-state index in [1.807, 2.05) is 0 Å². The number of hydrogen-bond donors (Lipinski definition) is 0. The van der Waals surface area contributed by atoms with Crippen LogP contribution in [0.2, 0.25) is 0 Å². The molecule has 0 amide bonds. The lowest BCUT2D eigenvalue weighted by atomic mass is 9.96. The fourth-order valence-electron chi connectivity index (χ4n) is 2.34. The van der Waals surface area contributed by atoms with Gasteiger partial charge in [-0.25, -0.2) is 8.42 Å². The van der Waals surface area contributed by atoms with E-state index in [1.165, 1.54) is 0 Å². The summed E-state index contributed by atoms with van der Waals surface area (Å²) in [6.07, 6.45) is 6.48. The lowest BCUT2D eigenvalue weighted by molar-refractivity contribution is 0.488. The molecular weight excluding hydrogens is 196 g/mol. The van der Waals surface area contributed by atoms with E-state index in [2.05, 4.69) is 12.2 Å². The van der Waals surface area contributed by atoms with E-state index < -0.39 is 9.05 Å². The molecule has 2 bridgehead atoms. The zero-order chi connectivity index (χ0) is 8.77. The summed E-state index contributed by atoms with van der Waals surface area (Å²) in [5, 5.41) is 0. The lowest BCUT2D eigenvalue weighted by Gasteiger charge is -2.15. The molecule has 0 saturated heterocycles. The minimum atomic E-state index is -3.29. The molecule has 0 radical (unpaired) electrons. The number of halogens is 1. The lowest BCUT2D eigenvalue weighted by Crippen LogP contribution is -2.16. The summed E-state index contributed by atoms with van der Waals surface area (Å²) < 4.78 is 21.6. The van der Waals surface area contributed by atoms with Crippen LogP contribution >= 0.6 is 10.7 Å². The van der Waals surface area contributed by atoms with Crippen molar-refractivity contribution in [1.29, 1.82) is 0 Å². The Labute approximate surface area is 77.0 Å². The van der Waals surface area contributed by atoms with Crippen molar-refractivity contribution in [2.75, 3.05) is 5.75 Å². The van der Waals surface area contributed by atoms with Gasteiger partial charge in [0, 0.05) is 10.7 Å². The summed E-state index contributed by atoms with van der Waals surface area (Å²) in [7, 11) is 1.91. The molecule has 0 aromatic heterocycles. The highest BCUT2D eigenvalue weighted by molar-refractivity contribution is 8.13. The third kappa shape index (κ3) is 1.67. The summed E-state index contributed by atoms with van der Waals surface area (Å²) in [6, 6.07) is 0. The number of rotatable bonds is 2. The van der Waals surface area contributed by atoms with Gasteiger partial charge in [-0.15, -0.1) is 0 Å². The van der Waals surface area contributed by atoms with Crippen LogP contribution in [0.25, 0.3) is 0 Å². The molecule has 0 aromatic rings. The molecule has 3 atom stereocenters. The van der Waals surface area contributed by atoms with Crippen LogP contribution in [-0.2, 0) is 9.05 Å². The Kier molecular flexibility index (Phi) is 1.96. The first-order valence-corrected chi connectivity index (χ1v) is 6.63. The zero-order valence-electron chi connectivity index (χ0n) is 6.61. The molecule has 2 aliphatic carbocycles. The van der Waals surface area contributed by atoms with E-state index in [4.69, 9.17) is 10.7 Å². The summed E-state index contributed by atoms with van der Waals surface area (Å²) in [4.78, 5) is 0. The molecule has 4 heteroatoms. The topological polar surface area (TPSA) is 34.1 Å². The second-order valence-electron chi connectivity index (χ2n) is 3.75. The Morgan fingerprint density at radius 3 is 2.50 bits per heavy atom. The van der Waals surface area contributed by atoms with Crippen LogP contribution in [-0.4, -0.2) is 14.2 Å². The van der Waals surface area contributed by atoms with Crippen LogP contribution in [0.5, 0.6) is 0 Å². The number of hydrogen-bond acceptors (Lipinski definition) is 2. The Bertz CT molecular complexity index is 307. The van der Waals surface area contributed by atoms with Gasteiger partial charge < -0.3 is 0 Å². The van der Waals surface area contributed by atoms with Crippen molar-refractivity contribution >= 4 is 19.7 Å². The van der Waals surface area contributed by atoms with Gasteiger partial charge in [-0.1, -0.05) is 12.2 Å². The predicted octanol–water partition coefficient (Wildman–Crippen LogP) is 1.77. The Balaban J connectivity index is 2.05. The fourth-order valence-corrected chi connectivity index (χ4v) is 3.72. The van der Waals surface area contributed by atoms with Crippen LogP contribution in [0, 0.1) is 17.8 Å². The molecule has 0 N–H and O–H groups in total. The molecule has 68 valence electrons. The highest BCUT2D eigenvalue weighted by atomic mass is 35.7. The van der Waals surface area contributed by atoms with Crippen molar-refractivity contribution in [3.8, 4) is 0 Å². The first-order chi connectivity index (χ1) is 5.54. The molecule has 3 unspecified atom stereocenters. The molecule has 0 aromatic carbocycles. The zero-order valence-corrected chi connectivity index (χ0v) is 8.18. The normalized spacial score (nSPS) is 39.2. The molecule has 2 aliphatic rings. The maximum atomic E-state index is 10.8. The molecule has 2 nitrogen and oxygen atoms in total. The van der Waals surface area contributed by atoms with Gasteiger partial charge in [0.15, 0.2) is 0 Å². The second kappa shape index (κ2) is 2.74. The Morgan fingerprint density at radius 1 is 1.33 bits per heavy atom. The van der Waals surface area contributed by atoms with Crippen molar-refractivity contribution in [3.63, 3.8) is 0 Å². The van der Waals surface area contributed by atoms with Crippen molar-refractivity contribution < 1.29 is 8.42 Å². The molecular formula is C8H11ClO2S. The van der Waals surface area contributed by atoms with Gasteiger partial charge in [-0.2, -0.15) is 0 Å². The first kappa shape index (κ1) is 8.57. The molecule has 12 heavy (non-hydrogen) atoms. The van der Waals surface area contributed by atoms with Crippen LogP contribution in [0.3, 0.4) is 0 Å². The standard InChI is InChI=1S/C8H11ClO2S/c9-12(10,11)5-8-4-6-1-2-7(8)3-6/h1-2,6-8H,3-5H2. The Hall–Kier alpha value is -0.0200. The van der Waals surface area contributed by atoms with E-state index in [1.54, 1.807) is 0 Å². The summed E-state index contributed by atoms with van der Waals surface area (Å²) in [5.74, 6) is 1.53. The van der Waals surface area contributed by atoms with E-state index in [0.29, 0.717) is 11.8 Å². The molecule has 0 heterocycles. The third-order valence-electron chi connectivity index (χ3n) is 2.83. The maximum Gasteiger partial charge on any atom is 0.232 e. The van der Waals surface area contributed by atoms with Gasteiger partial charge in [0.1, 0.15) is 0 Å². The SMILES string of the molecule is O=S(=O)(Cl)CC1CC2C=CC1C2. The maximum absolute atomic E-state index is 10.8. The minimum Gasteiger partial charge on any atom is -0.212 e. The predicted molar refractivity (Wildman–Crippen MR) is 48.5 cm³/mol. The largest absolute Gasteiger partial charge is 0.232 e. The quantitative estimate of drug-likeness (QED) is 0.510. The van der Waals surface area contributed by atoms with Crippen molar-refractivity contribution in [3.05, 3.63) is 12.2 Å². The van der Waals surface area contributed by atoms with Gasteiger partial charge in [0.2, 0.25) is 9.05 Å². The first-order valence-electron chi connectivity index (χ1n) is 4.15. The van der Waals surface area contributed by atoms with Crippen LogP contribution in [0.15, 0.2) is 12.2 Å². The Morgan fingerprint density at radius 2 is 2.08 bits per heavy atom. The molecule has 1 saturated carbocycles. The van der Waals surface area contributed by atoms with E-state index in [-0.39, 0.29) is 11.7 Å². The van der Waals surface area contributed by atoms with E-state index in [0.717, 1.165) is 12.8 Å². The molecule has 0 aliphatic heterocycles. The average molecular weight is 207 g/mol. The van der Waals surface area contributed by atoms with Crippen LogP contribution in [0.1, 0.15) is 12.8 Å². The van der Waals surface area contributed by atoms with Gasteiger partial charge in [0.25, 0.3) is 0 Å². The van der Waals surface area contributed by atoms with E-state index in [9.17, 15) is 8.42 Å². The minimum absolute atomic E-state index is 0.153. The van der Waals surface area contributed by atoms with Crippen molar-refractivity contribution in [2.45, 2.75) is 12.8 Å². The monoisotopic (exact) mass is 206 g/mol. The average Bonchev–Trinajstić information content (AvgIpc) is 2.42. The smallest absolute Gasteiger partial charge is 0.212 e. The van der Waals surface area contributed by atoms with Crippen LogP contribution < -0.4 is 0 Å². The molecule has 1 fully saturated rings. The third-order valence-corrected chi connectivity index (χ3v) is 4.03. The summed E-state index contributed by atoms with van der Waals surface area (Å²) >= 11 is 0. The number of fused-ring (bicyclic) bond motifs is 2. The second-order valence-corrected chi connectivity index (χ2v) is 6.57. The van der Waals surface area contributed by atoms with Crippen LogP contribution in [0.4, 0.5) is 0 Å². The van der Waals surface area contributed by atoms with Gasteiger partial charge in [0.05, 0.1) is 5.75 Å². The fraction of sp³-hybridized carbons (Fsp3) is 0.750. The molecule has 0 spiro atoms. The number of allylic oxidation sites excluding steroid dienone is 2. The highest BCUT2D eigenvalue weighted by Gasteiger charge is 2.37. The molecule has 2 rings (SSSR count). The van der Waals surface area contributed by atoms with Gasteiger partial charge >= 0.3 is 0 Å². The summed E-state index contributed by atoms with van der Waals surface area (Å²) in [5.41, 5.74) is 0.